The van der Waals surface area contributed by atoms with Gasteiger partial charge in [0, 0.05) is 0 Å². The smallest absolute Gasteiger partial charge is 0.127 e. The number of rotatable bonds is 5. The van der Waals surface area contributed by atoms with Crippen LogP contribution in [0.3, 0.4) is 0 Å². The van der Waals surface area contributed by atoms with Gasteiger partial charge in [0.05, 0.1) is 0 Å². The van der Waals surface area contributed by atoms with E-state index in [0.717, 1.165) is 12.2 Å². The molecule has 2 rings (SSSR count). The van der Waals surface area contributed by atoms with Crippen molar-refractivity contribution in [2.24, 2.45) is 5.73 Å². The molecular formula is C15H16FNO. The Bertz CT molecular complexity index is 496. The maximum Gasteiger partial charge on any atom is 0.127 e. The lowest BCUT2D eigenvalue weighted by atomic mass is 10.1. The summed E-state index contributed by atoms with van der Waals surface area (Å²) in [6.45, 7) is 0.158. The molecule has 2 nitrogen and oxygen atoms in total. The molecule has 0 aliphatic heterocycles. The zero-order valence-corrected chi connectivity index (χ0v) is 10.1. The number of alkyl halides is 1. The van der Waals surface area contributed by atoms with Crippen molar-refractivity contribution in [1.82, 2.24) is 0 Å². The van der Waals surface area contributed by atoms with E-state index in [9.17, 15) is 4.39 Å². The van der Waals surface area contributed by atoms with Crippen LogP contribution in [0.4, 0.5) is 4.39 Å². The first kappa shape index (κ1) is 12.6. The first-order valence-electron chi connectivity index (χ1n) is 5.93. The van der Waals surface area contributed by atoms with E-state index in [1.54, 1.807) is 18.2 Å². The molecule has 0 saturated heterocycles. The van der Waals surface area contributed by atoms with Crippen LogP contribution in [0.25, 0.3) is 0 Å². The topological polar surface area (TPSA) is 35.2 Å². The van der Waals surface area contributed by atoms with Gasteiger partial charge < -0.3 is 10.5 Å². The highest BCUT2D eigenvalue weighted by atomic mass is 19.1. The molecule has 94 valence electrons. The summed E-state index contributed by atoms with van der Waals surface area (Å²) in [5.41, 5.74) is 7.29. The molecule has 3 heteroatoms. The summed E-state index contributed by atoms with van der Waals surface area (Å²) in [4.78, 5) is 0. The van der Waals surface area contributed by atoms with Crippen LogP contribution in [0.5, 0.6) is 11.5 Å². The second-order valence-corrected chi connectivity index (χ2v) is 4.07. The summed E-state index contributed by atoms with van der Waals surface area (Å²) in [6.07, 6.45) is 0.859. The van der Waals surface area contributed by atoms with Crippen molar-refractivity contribution in [3.63, 3.8) is 0 Å². The normalized spacial score (nSPS) is 10.3. The third-order valence-electron chi connectivity index (χ3n) is 2.64. The van der Waals surface area contributed by atoms with Crippen LogP contribution in [-0.2, 0) is 13.1 Å². The molecule has 0 fully saturated rings. The minimum atomic E-state index is -0.480. The zero-order valence-electron chi connectivity index (χ0n) is 10.1. The van der Waals surface area contributed by atoms with Gasteiger partial charge in [-0.3, -0.25) is 0 Å². The fourth-order valence-electron chi connectivity index (χ4n) is 1.72. The SMILES string of the molecule is NCCc1ccc(Oc2cccc(CF)c2)cc1. The first-order valence-corrected chi connectivity index (χ1v) is 5.93. The van der Waals surface area contributed by atoms with E-state index in [2.05, 4.69) is 0 Å². The quantitative estimate of drug-likeness (QED) is 0.875. The Morgan fingerprint density at radius 1 is 0.944 bits per heavy atom. The lowest BCUT2D eigenvalue weighted by Crippen LogP contribution is -2.02. The van der Waals surface area contributed by atoms with Gasteiger partial charge >= 0.3 is 0 Å². The molecule has 0 bridgehead atoms. The number of benzene rings is 2. The monoisotopic (exact) mass is 245 g/mol. The van der Waals surface area contributed by atoms with Crippen LogP contribution in [0.1, 0.15) is 11.1 Å². The fourth-order valence-corrected chi connectivity index (χ4v) is 1.72. The average Bonchev–Trinajstić information content (AvgIpc) is 2.42. The molecule has 2 N–H and O–H groups in total. The predicted molar refractivity (Wildman–Crippen MR) is 70.5 cm³/mol. The van der Waals surface area contributed by atoms with E-state index in [4.69, 9.17) is 10.5 Å². The molecular weight excluding hydrogens is 229 g/mol. The van der Waals surface area contributed by atoms with Gasteiger partial charge in [0.25, 0.3) is 0 Å². The molecule has 0 spiro atoms. The maximum absolute atomic E-state index is 12.5. The van der Waals surface area contributed by atoms with E-state index in [1.165, 1.54) is 5.56 Å². The van der Waals surface area contributed by atoms with E-state index in [1.807, 2.05) is 30.3 Å². The van der Waals surface area contributed by atoms with Crippen molar-refractivity contribution in [3.05, 3.63) is 59.7 Å². The van der Waals surface area contributed by atoms with Gasteiger partial charge in [-0.15, -0.1) is 0 Å². The lowest BCUT2D eigenvalue weighted by molar-refractivity contribution is 0.468. The Hall–Kier alpha value is -1.87. The Kier molecular flexibility index (Phi) is 4.31. The van der Waals surface area contributed by atoms with E-state index in [0.29, 0.717) is 17.9 Å². The number of hydrogen-bond acceptors (Lipinski definition) is 2. The molecule has 0 heterocycles. The third-order valence-corrected chi connectivity index (χ3v) is 2.64. The van der Waals surface area contributed by atoms with Gasteiger partial charge in [-0.1, -0.05) is 24.3 Å². The van der Waals surface area contributed by atoms with Crippen molar-refractivity contribution in [3.8, 4) is 11.5 Å². The Morgan fingerprint density at radius 3 is 2.39 bits per heavy atom. The largest absolute Gasteiger partial charge is 0.457 e. The highest BCUT2D eigenvalue weighted by molar-refractivity contribution is 5.35. The summed E-state index contributed by atoms with van der Waals surface area (Å²) >= 11 is 0. The fraction of sp³-hybridized carbons (Fsp3) is 0.200. The maximum atomic E-state index is 12.5. The molecule has 0 aliphatic rings. The number of ether oxygens (including phenoxy) is 1. The molecule has 18 heavy (non-hydrogen) atoms. The van der Waals surface area contributed by atoms with E-state index >= 15 is 0 Å². The van der Waals surface area contributed by atoms with Gasteiger partial charge in [-0.25, -0.2) is 4.39 Å². The summed E-state index contributed by atoms with van der Waals surface area (Å²) < 4.78 is 18.2. The van der Waals surface area contributed by atoms with Crippen LogP contribution < -0.4 is 10.5 Å². The molecule has 0 radical (unpaired) electrons. The summed E-state index contributed by atoms with van der Waals surface area (Å²) in [5, 5.41) is 0. The van der Waals surface area contributed by atoms with E-state index < -0.39 is 6.67 Å². The van der Waals surface area contributed by atoms with E-state index in [-0.39, 0.29) is 0 Å². The highest BCUT2D eigenvalue weighted by Crippen LogP contribution is 2.23. The molecule has 0 aromatic heterocycles. The molecule has 0 unspecified atom stereocenters. The highest BCUT2D eigenvalue weighted by Gasteiger charge is 1.99. The molecule has 0 atom stereocenters. The first-order chi connectivity index (χ1) is 8.81. The van der Waals surface area contributed by atoms with Crippen LogP contribution in [0.2, 0.25) is 0 Å². The second kappa shape index (κ2) is 6.17. The minimum absolute atomic E-state index is 0.480. The Morgan fingerprint density at radius 2 is 1.72 bits per heavy atom. The summed E-state index contributed by atoms with van der Waals surface area (Å²) in [5.74, 6) is 1.39. The molecule has 2 aromatic rings. The van der Waals surface area contributed by atoms with Gasteiger partial charge in [0.15, 0.2) is 0 Å². The molecule has 2 aromatic carbocycles. The van der Waals surface area contributed by atoms with Gasteiger partial charge in [-0.05, 0) is 48.4 Å². The molecule has 0 amide bonds. The van der Waals surface area contributed by atoms with Crippen LogP contribution in [0, 0.1) is 0 Å². The zero-order chi connectivity index (χ0) is 12.8. The second-order valence-electron chi connectivity index (χ2n) is 4.07. The Balaban J connectivity index is 2.08. The minimum Gasteiger partial charge on any atom is -0.457 e. The predicted octanol–water partition coefficient (Wildman–Crippen LogP) is 3.45. The Labute approximate surface area is 106 Å². The third kappa shape index (κ3) is 3.31. The van der Waals surface area contributed by atoms with Gasteiger partial charge in [-0.2, -0.15) is 0 Å². The van der Waals surface area contributed by atoms with Crippen molar-refractivity contribution in [1.29, 1.82) is 0 Å². The number of hydrogen-bond donors (Lipinski definition) is 1. The van der Waals surface area contributed by atoms with Crippen molar-refractivity contribution >= 4 is 0 Å². The van der Waals surface area contributed by atoms with Crippen molar-refractivity contribution in [2.45, 2.75) is 13.1 Å². The molecule has 0 aliphatic carbocycles. The van der Waals surface area contributed by atoms with Crippen molar-refractivity contribution < 1.29 is 9.13 Å². The van der Waals surface area contributed by atoms with Gasteiger partial charge in [0.1, 0.15) is 18.2 Å². The molecule has 0 saturated carbocycles. The number of nitrogens with two attached hydrogens (primary N) is 1. The van der Waals surface area contributed by atoms with Crippen LogP contribution >= 0.6 is 0 Å². The lowest BCUT2D eigenvalue weighted by Gasteiger charge is -2.07. The van der Waals surface area contributed by atoms with Crippen LogP contribution in [0.15, 0.2) is 48.5 Å². The standard InChI is InChI=1S/C15H16FNO/c16-11-13-2-1-3-15(10-13)18-14-6-4-12(5-7-14)8-9-17/h1-7,10H,8-9,11,17H2. The van der Waals surface area contributed by atoms with Gasteiger partial charge in [0.2, 0.25) is 0 Å². The van der Waals surface area contributed by atoms with Crippen LogP contribution in [-0.4, -0.2) is 6.54 Å². The summed E-state index contributed by atoms with van der Waals surface area (Å²) in [7, 11) is 0. The average molecular weight is 245 g/mol. The summed E-state index contributed by atoms with van der Waals surface area (Å²) in [6, 6.07) is 14.8. The van der Waals surface area contributed by atoms with Crippen molar-refractivity contribution in [2.75, 3.05) is 6.54 Å². The number of halogens is 1.